The molecule has 0 bridgehead atoms. The van der Waals surface area contributed by atoms with Crippen molar-refractivity contribution >= 4 is 0 Å². The van der Waals surface area contributed by atoms with Crippen LogP contribution in [0.4, 0.5) is 0 Å². The zero-order valence-corrected chi connectivity index (χ0v) is 8.00. The number of nitrogens with zero attached hydrogens (tertiary/aromatic N) is 1. The van der Waals surface area contributed by atoms with E-state index in [2.05, 4.69) is 6.08 Å². The fraction of sp³-hybridized carbons (Fsp3) is 0.800. The van der Waals surface area contributed by atoms with Gasteiger partial charge in [0.05, 0.1) is 0 Å². The molecule has 70 valence electrons. The summed E-state index contributed by atoms with van der Waals surface area (Å²) in [5, 5.41) is 1.61. The van der Waals surface area contributed by atoms with Gasteiger partial charge in [-0.05, 0) is 12.3 Å². The standard InChI is InChI=1S/C10H20N2/c1-12(11)9-5-8-10-6-3-2-4-7-10/h5,9-10H,2-4,6-8,11H2,1H3. The second kappa shape index (κ2) is 5.20. The molecule has 1 aliphatic carbocycles. The fourth-order valence-electron chi connectivity index (χ4n) is 1.84. The summed E-state index contributed by atoms with van der Waals surface area (Å²) < 4.78 is 0. The number of hydrogen-bond acceptors (Lipinski definition) is 2. The summed E-state index contributed by atoms with van der Waals surface area (Å²) in [5.74, 6) is 6.38. The van der Waals surface area contributed by atoms with Crippen molar-refractivity contribution in [2.45, 2.75) is 38.5 Å². The van der Waals surface area contributed by atoms with Crippen molar-refractivity contribution in [2.75, 3.05) is 7.05 Å². The quantitative estimate of drug-likeness (QED) is 0.517. The van der Waals surface area contributed by atoms with Crippen molar-refractivity contribution in [3.05, 3.63) is 12.3 Å². The highest BCUT2D eigenvalue weighted by atomic mass is 15.4. The van der Waals surface area contributed by atoms with E-state index in [1.54, 1.807) is 5.01 Å². The Balaban J connectivity index is 2.12. The predicted molar refractivity (Wildman–Crippen MR) is 52.3 cm³/mol. The molecule has 2 heteroatoms. The molecule has 1 saturated carbocycles. The molecule has 0 spiro atoms. The topological polar surface area (TPSA) is 29.3 Å². The highest BCUT2D eigenvalue weighted by Gasteiger charge is 2.10. The van der Waals surface area contributed by atoms with Gasteiger partial charge >= 0.3 is 0 Å². The summed E-state index contributed by atoms with van der Waals surface area (Å²) in [7, 11) is 1.86. The van der Waals surface area contributed by atoms with Gasteiger partial charge in [0.2, 0.25) is 0 Å². The second-order valence-corrected chi connectivity index (χ2v) is 3.79. The lowest BCUT2D eigenvalue weighted by Crippen LogP contribution is -2.18. The summed E-state index contributed by atoms with van der Waals surface area (Å²) in [6, 6.07) is 0. The van der Waals surface area contributed by atoms with Gasteiger partial charge in [0.1, 0.15) is 0 Å². The Morgan fingerprint density at radius 2 is 2.00 bits per heavy atom. The number of hydrazine groups is 1. The molecule has 0 aliphatic heterocycles. The van der Waals surface area contributed by atoms with Crippen LogP contribution in [0.3, 0.4) is 0 Å². The SMILES string of the molecule is CN(N)C=CCC1CCCCC1. The molecule has 0 heterocycles. The van der Waals surface area contributed by atoms with Crippen LogP contribution in [0.1, 0.15) is 38.5 Å². The predicted octanol–water partition coefficient (Wildman–Crippen LogP) is 2.28. The monoisotopic (exact) mass is 168 g/mol. The number of rotatable bonds is 3. The van der Waals surface area contributed by atoms with E-state index < -0.39 is 0 Å². The third kappa shape index (κ3) is 3.77. The fourth-order valence-corrected chi connectivity index (χ4v) is 1.84. The minimum Gasteiger partial charge on any atom is -0.322 e. The highest BCUT2D eigenvalue weighted by Crippen LogP contribution is 2.26. The lowest BCUT2D eigenvalue weighted by atomic mass is 9.87. The van der Waals surface area contributed by atoms with Crippen LogP contribution in [0, 0.1) is 5.92 Å². The molecule has 1 fully saturated rings. The Bertz CT molecular complexity index is 135. The van der Waals surface area contributed by atoms with Crippen molar-refractivity contribution in [3.8, 4) is 0 Å². The average Bonchev–Trinajstić information content (AvgIpc) is 2.05. The molecule has 0 unspecified atom stereocenters. The molecular weight excluding hydrogens is 148 g/mol. The van der Waals surface area contributed by atoms with Gasteiger partial charge in [0.25, 0.3) is 0 Å². The van der Waals surface area contributed by atoms with Gasteiger partial charge in [0, 0.05) is 13.2 Å². The van der Waals surface area contributed by atoms with Gasteiger partial charge in [-0.3, -0.25) is 0 Å². The van der Waals surface area contributed by atoms with Crippen LogP contribution in [-0.2, 0) is 0 Å². The third-order valence-corrected chi connectivity index (χ3v) is 2.53. The minimum absolute atomic E-state index is 0.926. The third-order valence-electron chi connectivity index (χ3n) is 2.53. The molecule has 2 N–H and O–H groups in total. The van der Waals surface area contributed by atoms with Crippen LogP contribution in [-0.4, -0.2) is 12.1 Å². The molecule has 0 radical (unpaired) electrons. The molecule has 0 aromatic carbocycles. The lowest BCUT2D eigenvalue weighted by molar-refractivity contribution is 0.359. The highest BCUT2D eigenvalue weighted by molar-refractivity contribution is 4.82. The molecule has 0 aromatic rings. The molecule has 12 heavy (non-hydrogen) atoms. The first-order chi connectivity index (χ1) is 5.79. The largest absolute Gasteiger partial charge is 0.322 e. The molecule has 0 saturated heterocycles. The maximum atomic E-state index is 5.45. The van der Waals surface area contributed by atoms with E-state index in [1.807, 2.05) is 13.2 Å². The average molecular weight is 168 g/mol. The first-order valence-corrected chi connectivity index (χ1v) is 4.93. The lowest BCUT2D eigenvalue weighted by Gasteiger charge is -2.19. The van der Waals surface area contributed by atoms with Crippen LogP contribution in [0.2, 0.25) is 0 Å². The first kappa shape index (κ1) is 9.59. The Morgan fingerprint density at radius 1 is 1.33 bits per heavy atom. The van der Waals surface area contributed by atoms with E-state index in [9.17, 15) is 0 Å². The van der Waals surface area contributed by atoms with Gasteiger partial charge < -0.3 is 5.01 Å². The summed E-state index contributed by atoms with van der Waals surface area (Å²) >= 11 is 0. The van der Waals surface area contributed by atoms with Crippen molar-refractivity contribution in [1.82, 2.24) is 5.01 Å². The summed E-state index contributed by atoms with van der Waals surface area (Å²) in [5.41, 5.74) is 0. The van der Waals surface area contributed by atoms with Gasteiger partial charge in [-0.1, -0.05) is 38.2 Å². The van der Waals surface area contributed by atoms with Crippen LogP contribution in [0.5, 0.6) is 0 Å². The Kier molecular flexibility index (Phi) is 4.15. The van der Waals surface area contributed by atoms with Gasteiger partial charge in [-0.25, -0.2) is 5.84 Å². The summed E-state index contributed by atoms with van der Waals surface area (Å²) in [6.45, 7) is 0. The molecule has 1 rings (SSSR count). The number of hydrogen-bond donors (Lipinski definition) is 1. The maximum absolute atomic E-state index is 5.45. The van der Waals surface area contributed by atoms with E-state index in [0.29, 0.717) is 0 Å². The first-order valence-electron chi connectivity index (χ1n) is 4.93. The second-order valence-electron chi connectivity index (χ2n) is 3.79. The number of allylic oxidation sites excluding steroid dienone is 1. The molecule has 2 nitrogen and oxygen atoms in total. The molecule has 0 aromatic heterocycles. The molecule has 0 atom stereocenters. The van der Waals surface area contributed by atoms with Crippen LogP contribution in [0.15, 0.2) is 12.3 Å². The molecule has 1 aliphatic rings. The van der Waals surface area contributed by atoms with E-state index in [1.165, 1.54) is 38.5 Å². The number of nitrogens with two attached hydrogens (primary N) is 1. The van der Waals surface area contributed by atoms with Gasteiger partial charge in [0.15, 0.2) is 0 Å². The maximum Gasteiger partial charge on any atom is 0.0222 e. The van der Waals surface area contributed by atoms with Gasteiger partial charge in [-0.2, -0.15) is 0 Å². The zero-order chi connectivity index (χ0) is 8.81. The van der Waals surface area contributed by atoms with Crippen LogP contribution < -0.4 is 5.84 Å². The minimum atomic E-state index is 0.926. The van der Waals surface area contributed by atoms with Gasteiger partial charge in [-0.15, -0.1) is 0 Å². The van der Waals surface area contributed by atoms with Crippen molar-refractivity contribution in [2.24, 2.45) is 11.8 Å². The van der Waals surface area contributed by atoms with Crippen molar-refractivity contribution in [1.29, 1.82) is 0 Å². The summed E-state index contributed by atoms with van der Waals surface area (Å²) in [6.07, 6.45) is 12.5. The molecule has 0 amide bonds. The van der Waals surface area contributed by atoms with Crippen LogP contribution in [0.25, 0.3) is 0 Å². The van der Waals surface area contributed by atoms with E-state index in [0.717, 1.165) is 5.92 Å². The van der Waals surface area contributed by atoms with E-state index in [4.69, 9.17) is 5.84 Å². The Morgan fingerprint density at radius 3 is 2.58 bits per heavy atom. The smallest absolute Gasteiger partial charge is 0.0222 e. The molecular formula is C10H20N2. The van der Waals surface area contributed by atoms with Crippen molar-refractivity contribution < 1.29 is 0 Å². The van der Waals surface area contributed by atoms with Crippen LogP contribution >= 0.6 is 0 Å². The van der Waals surface area contributed by atoms with E-state index in [-0.39, 0.29) is 0 Å². The summed E-state index contributed by atoms with van der Waals surface area (Å²) in [4.78, 5) is 0. The zero-order valence-electron chi connectivity index (χ0n) is 8.00. The van der Waals surface area contributed by atoms with E-state index >= 15 is 0 Å². The Hall–Kier alpha value is -0.500. The Labute approximate surface area is 75.4 Å². The normalized spacial score (nSPS) is 20.2. The van der Waals surface area contributed by atoms with Crippen molar-refractivity contribution in [3.63, 3.8) is 0 Å².